The first-order chi connectivity index (χ1) is 7.60. The van der Waals surface area contributed by atoms with Gasteiger partial charge in [-0.1, -0.05) is 17.7 Å². The third-order valence-corrected chi connectivity index (χ3v) is 2.27. The van der Waals surface area contributed by atoms with E-state index in [0.29, 0.717) is 0 Å². The van der Waals surface area contributed by atoms with Gasteiger partial charge in [-0.2, -0.15) is 0 Å². The van der Waals surface area contributed by atoms with Crippen molar-refractivity contribution in [2.45, 2.75) is 6.04 Å². The number of para-hydroxylation sites is 1. The van der Waals surface area contributed by atoms with Gasteiger partial charge in [0.05, 0.1) is 24.2 Å². The van der Waals surface area contributed by atoms with Crippen molar-refractivity contribution in [1.82, 2.24) is 0 Å². The molecule has 88 valence electrons. The van der Waals surface area contributed by atoms with E-state index in [2.05, 4.69) is 5.32 Å². The zero-order chi connectivity index (χ0) is 12.1. The number of anilines is 1. The Morgan fingerprint density at radius 1 is 1.44 bits per heavy atom. The summed E-state index contributed by atoms with van der Waals surface area (Å²) in [5.41, 5.74) is -0.0957. The van der Waals surface area contributed by atoms with Crippen LogP contribution in [0.25, 0.3) is 0 Å². The second-order valence-corrected chi connectivity index (χ2v) is 3.51. The largest absolute Gasteiger partial charge is 0.394 e. The Kier molecular flexibility index (Phi) is 4.48. The number of nitrogens with zero attached hydrogens (tertiary/aromatic N) is 1. The number of rotatable bonds is 5. The van der Waals surface area contributed by atoms with Gasteiger partial charge in [0, 0.05) is 0 Å². The molecule has 0 heterocycles. The van der Waals surface area contributed by atoms with Gasteiger partial charge in [-0.25, -0.2) is 0 Å². The lowest BCUT2D eigenvalue weighted by Gasteiger charge is -2.14. The number of benzene rings is 1. The van der Waals surface area contributed by atoms with E-state index in [1.54, 1.807) is 6.07 Å². The number of hydrogen-bond acceptors (Lipinski definition) is 5. The summed E-state index contributed by atoms with van der Waals surface area (Å²) in [6.45, 7) is -0.666. The number of nitro groups is 1. The molecule has 0 spiro atoms. The highest BCUT2D eigenvalue weighted by Gasteiger charge is 2.20. The Bertz CT molecular complexity index is 382. The summed E-state index contributed by atoms with van der Waals surface area (Å²) in [6, 6.07) is 3.75. The third kappa shape index (κ3) is 2.82. The summed E-state index contributed by atoms with van der Waals surface area (Å²) in [5, 5.41) is 31.1. The van der Waals surface area contributed by atoms with Crippen LogP contribution in [-0.2, 0) is 0 Å². The van der Waals surface area contributed by atoms with Crippen molar-refractivity contribution in [1.29, 1.82) is 0 Å². The smallest absolute Gasteiger partial charge is 0.310 e. The maximum Gasteiger partial charge on any atom is 0.310 e. The SMILES string of the molecule is O=[N+]([O-])c1c(Cl)cccc1NC(CO)CO. The molecule has 0 unspecified atom stereocenters. The highest BCUT2D eigenvalue weighted by molar-refractivity contribution is 6.33. The zero-order valence-electron chi connectivity index (χ0n) is 8.26. The zero-order valence-corrected chi connectivity index (χ0v) is 9.02. The van der Waals surface area contributed by atoms with Gasteiger partial charge in [-0.15, -0.1) is 0 Å². The fraction of sp³-hybridized carbons (Fsp3) is 0.333. The van der Waals surface area contributed by atoms with Crippen molar-refractivity contribution in [2.24, 2.45) is 0 Å². The van der Waals surface area contributed by atoms with E-state index in [1.165, 1.54) is 12.1 Å². The molecular weight excluding hydrogens is 236 g/mol. The van der Waals surface area contributed by atoms with Crippen LogP contribution in [0.15, 0.2) is 18.2 Å². The molecule has 1 rings (SSSR count). The predicted molar refractivity (Wildman–Crippen MR) is 59.7 cm³/mol. The monoisotopic (exact) mass is 246 g/mol. The van der Waals surface area contributed by atoms with Gasteiger partial charge in [0.15, 0.2) is 0 Å². The third-order valence-electron chi connectivity index (χ3n) is 1.97. The second-order valence-electron chi connectivity index (χ2n) is 3.10. The fourth-order valence-electron chi connectivity index (χ4n) is 1.19. The van der Waals surface area contributed by atoms with Crippen molar-refractivity contribution in [3.63, 3.8) is 0 Å². The molecule has 0 atom stereocenters. The molecule has 0 saturated carbocycles. The first-order valence-electron chi connectivity index (χ1n) is 4.51. The summed E-state index contributed by atoms with van der Waals surface area (Å²) >= 11 is 5.69. The normalized spacial score (nSPS) is 10.5. The van der Waals surface area contributed by atoms with E-state index in [4.69, 9.17) is 21.8 Å². The van der Waals surface area contributed by atoms with Crippen molar-refractivity contribution >= 4 is 23.0 Å². The Balaban J connectivity index is 3.03. The molecule has 7 heteroatoms. The minimum Gasteiger partial charge on any atom is -0.394 e. The summed E-state index contributed by atoms with van der Waals surface area (Å²) in [7, 11) is 0. The summed E-state index contributed by atoms with van der Waals surface area (Å²) in [6.07, 6.45) is 0. The van der Waals surface area contributed by atoms with E-state index in [9.17, 15) is 10.1 Å². The fourth-order valence-corrected chi connectivity index (χ4v) is 1.43. The number of aliphatic hydroxyl groups excluding tert-OH is 2. The van der Waals surface area contributed by atoms with Gasteiger partial charge in [0.2, 0.25) is 0 Å². The van der Waals surface area contributed by atoms with E-state index < -0.39 is 11.0 Å². The molecule has 1 aromatic rings. The average Bonchev–Trinajstić information content (AvgIpc) is 2.25. The maximum absolute atomic E-state index is 10.8. The van der Waals surface area contributed by atoms with Gasteiger partial charge in [0.1, 0.15) is 10.7 Å². The minimum absolute atomic E-state index is 0.00429. The molecule has 0 fully saturated rings. The average molecular weight is 247 g/mol. The van der Waals surface area contributed by atoms with Crippen LogP contribution in [0.4, 0.5) is 11.4 Å². The van der Waals surface area contributed by atoms with Gasteiger partial charge in [-0.3, -0.25) is 10.1 Å². The van der Waals surface area contributed by atoms with Gasteiger partial charge in [0.25, 0.3) is 0 Å². The van der Waals surface area contributed by atoms with Crippen molar-refractivity contribution in [2.75, 3.05) is 18.5 Å². The van der Waals surface area contributed by atoms with Crippen molar-refractivity contribution < 1.29 is 15.1 Å². The van der Waals surface area contributed by atoms with Crippen LogP contribution in [-0.4, -0.2) is 34.4 Å². The number of halogens is 1. The van der Waals surface area contributed by atoms with Crippen LogP contribution in [0.1, 0.15) is 0 Å². The number of hydrogen-bond donors (Lipinski definition) is 3. The molecule has 0 aliphatic heterocycles. The van der Waals surface area contributed by atoms with Gasteiger partial charge < -0.3 is 15.5 Å². The maximum atomic E-state index is 10.8. The number of nitro benzene ring substituents is 1. The lowest BCUT2D eigenvalue weighted by Crippen LogP contribution is -2.28. The Morgan fingerprint density at radius 3 is 2.56 bits per heavy atom. The summed E-state index contributed by atoms with van der Waals surface area (Å²) < 4.78 is 0. The van der Waals surface area contributed by atoms with E-state index in [0.717, 1.165) is 0 Å². The molecule has 0 aromatic heterocycles. The molecule has 3 N–H and O–H groups in total. The van der Waals surface area contributed by atoms with Crippen LogP contribution in [0.3, 0.4) is 0 Å². The molecule has 0 amide bonds. The summed E-state index contributed by atoms with van der Waals surface area (Å²) in [5.74, 6) is 0. The van der Waals surface area contributed by atoms with Crippen LogP contribution in [0.2, 0.25) is 5.02 Å². The van der Waals surface area contributed by atoms with Crippen LogP contribution in [0.5, 0.6) is 0 Å². The number of nitrogens with one attached hydrogen (secondary N) is 1. The Labute approximate surface area is 96.6 Å². The molecule has 0 aliphatic rings. The van der Waals surface area contributed by atoms with Crippen LogP contribution in [0, 0.1) is 10.1 Å². The lowest BCUT2D eigenvalue weighted by atomic mass is 10.2. The van der Waals surface area contributed by atoms with Gasteiger partial charge in [-0.05, 0) is 12.1 Å². The highest BCUT2D eigenvalue weighted by Crippen LogP contribution is 2.32. The minimum atomic E-state index is -0.655. The molecule has 16 heavy (non-hydrogen) atoms. The topological polar surface area (TPSA) is 95.6 Å². The molecular formula is C9H11ClN2O4. The lowest BCUT2D eigenvalue weighted by molar-refractivity contribution is -0.383. The van der Waals surface area contributed by atoms with E-state index in [1.807, 2.05) is 0 Å². The quantitative estimate of drug-likeness (QED) is 0.532. The number of aliphatic hydroxyl groups is 2. The highest BCUT2D eigenvalue weighted by atomic mass is 35.5. The van der Waals surface area contributed by atoms with Crippen molar-refractivity contribution in [3.05, 3.63) is 33.3 Å². The molecule has 0 radical (unpaired) electrons. The van der Waals surface area contributed by atoms with Crippen LogP contribution < -0.4 is 5.32 Å². The Hall–Kier alpha value is -1.37. The molecule has 0 bridgehead atoms. The van der Waals surface area contributed by atoms with Crippen molar-refractivity contribution in [3.8, 4) is 0 Å². The second kappa shape index (κ2) is 5.64. The molecule has 6 nitrogen and oxygen atoms in total. The van der Waals surface area contributed by atoms with E-state index in [-0.39, 0.29) is 29.6 Å². The van der Waals surface area contributed by atoms with E-state index >= 15 is 0 Å². The summed E-state index contributed by atoms with van der Waals surface area (Å²) in [4.78, 5) is 10.1. The first kappa shape index (κ1) is 12.7. The van der Waals surface area contributed by atoms with Crippen LogP contribution >= 0.6 is 11.6 Å². The molecule has 0 saturated heterocycles. The standard InChI is InChI=1S/C9H11ClN2O4/c10-7-2-1-3-8(9(7)12(15)16)11-6(4-13)5-14/h1-3,6,11,13-14H,4-5H2. The van der Waals surface area contributed by atoms with Gasteiger partial charge >= 0.3 is 5.69 Å². The molecule has 0 aliphatic carbocycles. The predicted octanol–water partition coefficient (Wildman–Crippen LogP) is 1.01. The Morgan fingerprint density at radius 2 is 2.06 bits per heavy atom. The molecule has 1 aromatic carbocycles. The first-order valence-corrected chi connectivity index (χ1v) is 4.89.